The van der Waals surface area contributed by atoms with E-state index in [0.717, 1.165) is 6.26 Å². The van der Waals surface area contributed by atoms with Gasteiger partial charge >= 0.3 is 0 Å². The number of nitrogens with two attached hydrogens (primary N) is 1. The molecule has 0 bridgehead atoms. The van der Waals surface area contributed by atoms with Crippen LogP contribution in [0.15, 0.2) is 4.52 Å². The third-order valence-corrected chi connectivity index (χ3v) is 3.11. The number of nitrogens with zero attached hydrogens (tertiary/aromatic N) is 2. The first kappa shape index (κ1) is 14.1. The van der Waals surface area contributed by atoms with Gasteiger partial charge in [-0.15, -0.1) is 0 Å². The SMILES string of the molecule is COCCc1noc([C@H](N)CCS(C)(=O)=O)n1. The Bertz CT molecular complexity index is 443. The predicted octanol–water partition coefficient (Wildman–Crippen LogP) is -0.307. The summed E-state index contributed by atoms with van der Waals surface area (Å²) < 4.78 is 31.8. The van der Waals surface area contributed by atoms with E-state index < -0.39 is 15.9 Å². The third-order valence-electron chi connectivity index (χ3n) is 2.13. The second-order valence-electron chi connectivity index (χ2n) is 3.82. The van der Waals surface area contributed by atoms with E-state index >= 15 is 0 Å². The van der Waals surface area contributed by atoms with Gasteiger partial charge in [0.05, 0.1) is 18.4 Å². The minimum Gasteiger partial charge on any atom is -0.384 e. The van der Waals surface area contributed by atoms with Crippen LogP contribution in [0.2, 0.25) is 0 Å². The number of sulfone groups is 1. The fourth-order valence-electron chi connectivity index (χ4n) is 1.18. The number of ether oxygens (including phenoxy) is 1. The van der Waals surface area contributed by atoms with Gasteiger partial charge in [0.1, 0.15) is 9.84 Å². The van der Waals surface area contributed by atoms with Gasteiger partial charge in [0.15, 0.2) is 5.82 Å². The molecule has 1 heterocycles. The second kappa shape index (κ2) is 6.08. The Balaban J connectivity index is 2.51. The van der Waals surface area contributed by atoms with Crippen molar-refractivity contribution in [1.82, 2.24) is 10.1 Å². The zero-order valence-electron chi connectivity index (χ0n) is 9.92. The summed E-state index contributed by atoms with van der Waals surface area (Å²) in [5.74, 6) is 0.778. The Morgan fingerprint density at radius 2 is 2.24 bits per heavy atom. The highest BCUT2D eigenvalue weighted by molar-refractivity contribution is 7.90. The van der Waals surface area contributed by atoms with Crippen LogP contribution in [0.1, 0.15) is 24.2 Å². The van der Waals surface area contributed by atoms with E-state index in [9.17, 15) is 8.42 Å². The topological polar surface area (TPSA) is 108 Å². The lowest BCUT2D eigenvalue weighted by Crippen LogP contribution is -2.16. The quantitative estimate of drug-likeness (QED) is 0.718. The summed E-state index contributed by atoms with van der Waals surface area (Å²) in [4.78, 5) is 4.07. The highest BCUT2D eigenvalue weighted by Gasteiger charge is 2.16. The van der Waals surface area contributed by atoms with Crippen LogP contribution in [0.4, 0.5) is 0 Å². The molecule has 98 valence electrons. The summed E-state index contributed by atoms with van der Waals surface area (Å²) in [6.07, 6.45) is 1.97. The molecule has 8 heteroatoms. The smallest absolute Gasteiger partial charge is 0.243 e. The van der Waals surface area contributed by atoms with Crippen LogP contribution in [-0.4, -0.2) is 44.3 Å². The van der Waals surface area contributed by atoms with E-state index in [1.807, 2.05) is 0 Å². The molecule has 0 saturated carbocycles. The Kier molecular flexibility index (Phi) is 5.03. The van der Waals surface area contributed by atoms with Gasteiger partial charge < -0.3 is 15.0 Å². The molecular formula is C9H17N3O4S. The Labute approximate surface area is 100 Å². The van der Waals surface area contributed by atoms with Gasteiger partial charge in [-0.25, -0.2) is 8.42 Å². The molecule has 0 aliphatic heterocycles. The number of hydrogen-bond donors (Lipinski definition) is 1. The summed E-state index contributed by atoms with van der Waals surface area (Å²) >= 11 is 0. The van der Waals surface area contributed by atoms with E-state index in [2.05, 4.69) is 10.1 Å². The molecule has 0 aliphatic carbocycles. The summed E-state index contributed by atoms with van der Waals surface area (Å²) in [7, 11) is -1.44. The monoisotopic (exact) mass is 263 g/mol. The first-order valence-corrected chi connectivity index (χ1v) is 7.23. The van der Waals surface area contributed by atoms with Crippen LogP contribution in [0, 0.1) is 0 Å². The van der Waals surface area contributed by atoms with Crippen LogP contribution in [0.5, 0.6) is 0 Å². The zero-order chi connectivity index (χ0) is 12.9. The molecule has 0 amide bonds. The molecule has 1 atom stereocenters. The van der Waals surface area contributed by atoms with Crippen LogP contribution >= 0.6 is 0 Å². The highest BCUT2D eigenvalue weighted by atomic mass is 32.2. The largest absolute Gasteiger partial charge is 0.384 e. The third kappa shape index (κ3) is 5.24. The number of rotatable bonds is 7. The molecule has 17 heavy (non-hydrogen) atoms. The van der Waals surface area contributed by atoms with Gasteiger partial charge in [0.25, 0.3) is 0 Å². The summed E-state index contributed by atoms with van der Waals surface area (Å²) in [5, 5.41) is 3.72. The zero-order valence-corrected chi connectivity index (χ0v) is 10.7. The maximum Gasteiger partial charge on any atom is 0.243 e. The summed E-state index contributed by atoms with van der Waals surface area (Å²) in [6, 6.07) is -0.548. The Hall–Kier alpha value is -0.990. The number of hydrogen-bond acceptors (Lipinski definition) is 7. The average Bonchev–Trinajstić information content (AvgIpc) is 2.70. The summed E-state index contributed by atoms with van der Waals surface area (Å²) in [6.45, 7) is 0.498. The molecule has 7 nitrogen and oxygen atoms in total. The van der Waals surface area contributed by atoms with Crippen LogP contribution < -0.4 is 5.73 Å². The standard InChI is InChI=1S/C9H17N3O4S/c1-15-5-3-8-11-9(16-12-8)7(10)4-6-17(2,13)14/h7H,3-6,10H2,1-2H3/t7-/m1/s1. The van der Waals surface area contributed by atoms with Crippen molar-refractivity contribution in [3.63, 3.8) is 0 Å². The van der Waals surface area contributed by atoms with Gasteiger partial charge in [-0.3, -0.25) is 0 Å². The second-order valence-corrected chi connectivity index (χ2v) is 6.08. The molecular weight excluding hydrogens is 246 g/mol. The van der Waals surface area contributed by atoms with E-state index in [1.165, 1.54) is 0 Å². The minimum atomic E-state index is -3.02. The van der Waals surface area contributed by atoms with Crippen molar-refractivity contribution in [3.05, 3.63) is 11.7 Å². The van der Waals surface area contributed by atoms with Gasteiger partial charge in [-0.2, -0.15) is 4.98 Å². The van der Waals surface area contributed by atoms with Crippen molar-refractivity contribution < 1.29 is 17.7 Å². The Morgan fingerprint density at radius 1 is 1.53 bits per heavy atom. The van der Waals surface area contributed by atoms with Gasteiger partial charge in [-0.1, -0.05) is 5.16 Å². The molecule has 0 aromatic carbocycles. The normalized spacial score (nSPS) is 13.8. The highest BCUT2D eigenvalue weighted by Crippen LogP contribution is 2.12. The molecule has 0 saturated heterocycles. The minimum absolute atomic E-state index is 0.00392. The molecule has 0 aliphatic rings. The molecule has 1 aromatic rings. The Morgan fingerprint density at radius 3 is 2.82 bits per heavy atom. The fourth-order valence-corrected chi connectivity index (χ4v) is 1.86. The van der Waals surface area contributed by atoms with Crippen LogP contribution in [0.25, 0.3) is 0 Å². The van der Waals surface area contributed by atoms with Gasteiger partial charge in [0, 0.05) is 19.8 Å². The van der Waals surface area contributed by atoms with Crippen molar-refractivity contribution in [3.8, 4) is 0 Å². The van der Waals surface area contributed by atoms with E-state index in [0.29, 0.717) is 18.9 Å². The fraction of sp³-hybridized carbons (Fsp3) is 0.778. The first-order valence-electron chi connectivity index (χ1n) is 5.17. The molecule has 1 aromatic heterocycles. The van der Waals surface area contributed by atoms with E-state index in [-0.39, 0.29) is 18.1 Å². The number of aromatic nitrogens is 2. The van der Waals surface area contributed by atoms with Crippen molar-refractivity contribution in [2.24, 2.45) is 5.73 Å². The van der Waals surface area contributed by atoms with E-state index in [4.69, 9.17) is 15.0 Å². The first-order chi connectivity index (χ1) is 7.92. The molecule has 0 radical (unpaired) electrons. The predicted molar refractivity (Wildman–Crippen MR) is 61.1 cm³/mol. The molecule has 1 rings (SSSR count). The molecule has 0 fully saturated rings. The molecule has 0 unspecified atom stereocenters. The van der Waals surface area contributed by atoms with Crippen molar-refractivity contribution in [2.75, 3.05) is 25.7 Å². The lowest BCUT2D eigenvalue weighted by Gasteiger charge is -2.04. The summed E-state index contributed by atoms with van der Waals surface area (Å²) in [5.41, 5.74) is 5.75. The van der Waals surface area contributed by atoms with Crippen LogP contribution in [0.3, 0.4) is 0 Å². The van der Waals surface area contributed by atoms with Gasteiger partial charge in [-0.05, 0) is 6.42 Å². The van der Waals surface area contributed by atoms with Crippen molar-refractivity contribution in [2.45, 2.75) is 18.9 Å². The average molecular weight is 263 g/mol. The maximum atomic E-state index is 11.0. The van der Waals surface area contributed by atoms with Gasteiger partial charge in [0.2, 0.25) is 5.89 Å². The maximum absolute atomic E-state index is 11.0. The van der Waals surface area contributed by atoms with Crippen molar-refractivity contribution >= 4 is 9.84 Å². The lowest BCUT2D eigenvalue weighted by atomic mass is 10.2. The molecule has 0 spiro atoms. The number of methoxy groups -OCH3 is 1. The van der Waals surface area contributed by atoms with Crippen molar-refractivity contribution in [1.29, 1.82) is 0 Å². The van der Waals surface area contributed by atoms with E-state index in [1.54, 1.807) is 7.11 Å². The molecule has 2 N–H and O–H groups in total. The lowest BCUT2D eigenvalue weighted by molar-refractivity contribution is 0.199. The van der Waals surface area contributed by atoms with Crippen LogP contribution in [-0.2, 0) is 21.0 Å².